The van der Waals surface area contributed by atoms with Crippen LogP contribution in [0.5, 0.6) is 0 Å². The molecular formula is C18H17N9. The van der Waals surface area contributed by atoms with Crippen LogP contribution in [0.3, 0.4) is 0 Å². The molecule has 0 aliphatic rings. The van der Waals surface area contributed by atoms with Crippen molar-refractivity contribution >= 4 is 33.9 Å². The smallest absolute Gasteiger partial charge is 0.221 e. The van der Waals surface area contributed by atoms with E-state index >= 15 is 0 Å². The van der Waals surface area contributed by atoms with E-state index in [1.807, 2.05) is 24.3 Å². The van der Waals surface area contributed by atoms with Gasteiger partial charge in [0, 0.05) is 18.6 Å². The van der Waals surface area contributed by atoms with Crippen LogP contribution in [0.4, 0.5) is 5.82 Å². The minimum absolute atomic E-state index is 0.194. The fourth-order valence-corrected chi connectivity index (χ4v) is 2.66. The van der Waals surface area contributed by atoms with Gasteiger partial charge in [0.15, 0.2) is 11.5 Å². The lowest BCUT2D eigenvalue weighted by Crippen LogP contribution is -2.11. The second-order valence-corrected chi connectivity index (χ2v) is 5.84. The number of aromatic nitrogens is 6. The van der Waals surface area contributed by atoms with Gasteiger partial charge in [0.2, 0.25) is 5.65 Å². The van der Waals surface area contributed by atoms with Gasteiger partial charge in [-0.15, -0.1) is 5.10 Å². The summed E-state index contributed by atoms with van der Waals surface area (Å²) < 4.78 is 1.69. The number of hydrogen-bond donors (Lipinski definition) is 3. The first-order chi connectivity index (χ1) is 13.2. The molecule has 0 atom stereocenters. The van der Waals surface area contributed by atoms with E-state index < -0.39 is 0 Å². The van der Waals surface area contributed by atoms with Crippen molar-refractivity contribution in [1.82, 2.24) is 35.3 Å². The maximum atomic E-state index is 7.86. The van der Waals surface area contributed by atoms with Crippen molar-refractivity contribution in [1.29, 1.82) is 5.41 Å². The van der Waals surface area contributed by atoms with Crippen LogP contribution >= 0.6 is 0 Å². The Balaban J connectivity index is 1.62. The summed E-state index contributed by atoms with van der Waals surface area (Å²) in [5.74, 6) is 0.651. The van der Waals surface area contributed by atoms with E-state index in [0.29, 0.717) is 23.7 Å². The Kier molecular flexibility index (Phi) is 4.40. The van der Waals surface area contributed by atoms with E-state index in [2.05, 4.69) is 42.0 Å². The fraction of sp³-hybridized carbons (Fsp3) is 0.111. The molecule has 0 saturated carbocycles. The summed E-state index contributed by atoms with van der Waals surface area (Å²) in [6.45, 7) is 0.510. The van der Waals surface area contributed by atoms with Crippen LogP contribution in [0.25, 0.3) is 22.2 Å². The predicted octanol–water partition coefficient (Wildman–Crippen LogP) is 1.94. The summed E-state index contributed by atoms with van der Waals surface area (Å²) in [5.41, 5.74) is 3.02. The van der Waals surface area contributed by atoms with E-state index in [0.717, 1.165) is 16.5 Å². The van der Waals surface area contributed by atoms with Gasteiger partial charge < -0.3 is 10.6 Å². The maximum absolute atomic E-state index is 7.86. The quantitative estimate of drug-likeness (QED) is 0.368. The summed E-state index contributed by atoms with van der Waals surface area (Å²) in [4.78, 5) is 13.1. The number of hydrogen-bond acceptors (Lipinski definition) is 7. The molecule has 0 radical (unpaired) electrons. The molecule has 0 unspecified atom stereocenters. The average Bonchev–Trinajstić information content (AvgIpc) is 3.08. The Bertz CT molecular complexity index is 1150. The van der Waals surface area contributed by atoms with Crippen molar-refractivity contribution in [2.75, 3.05) is 12.4 Å². The fourth-order valence-electron chi connectivity index (χ4n) is 2.66. The molecule has 0 amide bonds. The lowest BCUT2D eigenvalue weighted by atomic mass is 10.1. The molecule has 134 valence electrons. The highest BCUT2D eigenvalue weighted by Gasteiger charge is 2.10. The van der Waals surface area contributed by atoms with Gasteiger partial charge in [0.25, 0.3) is 0 Å². The predicted molar refractivity (Wildman–Crippen MR) is 104 cm³/mol. The molecular weight excluding hydrogens is 342 g/mol. The van der Waals surface area contributed by atoms with Gasteiger partial charge in [-0.3, -0.25) is 10.4 Å². The first-order valence-electron chi connectivity index (χ1n) is 8.32. The Labute approximate surface area is 154 Å². The molecule has 3 N–H and O–H groups in total. The van der Waals surface area contributed by atoms with Crippen LogP contribution in [0.15, 0.2) is 55.0 Å². The number of pyridine rings is 1. The van der Waals surface area contributed by atoms with E-state index in [1.54, 1.807) is 30.2 Å². The van der Waals surface area contributed by atoms with E-state index in [4.69, 9.17) is 5.41 Å². The topological polar surface area (TPSA) is 117 Å². The molecule has 4 aromatic rings. The highest BCUT2D eigenvalue weighted by Crippen LogP contribution is 2.16. The van der Waals surface area contributed by atoms with E-state index in [1.165, 1.54) is 6.20 Å². The Hall–Kier alpha value is -3.88. The SMILES string of the molecule is CN/C=C\C(=N)Nc1cnc2nnn(Cc3ccc4ncccc4c3)c2n1. The minimum Gasteiger partial charge on any atom is -0.394 e. The van der Waals surface area contributed by atoms with Gasteiger partial charge in [0.1, 0.15) is 5.84 Å². The van der Waals surface area contributed by atoms with Crippen molar-refractivity contribution in [3.05, 3.63) is 60.6 Å². The summed E-state index contributed by atoms with van der Waals surface area (Å²) >= 11 is 0. The van der Waals surface area contributed by atoms with Crippen LogP contribution in [-0.2, 0) is 6.54 Å². The average molecular weight is 359 g/mol. The third-order valence-corrected chi connectivity index (χ3v) is 3.91. The second-order valence-electron chi connectivity index (χ2n) is 5.84. The third-order valence-electron chi connectivity index (χ3n) is 3.91. The summed E-state index contributed by atoms with van der Waals surface area (Å²) in [7, 11) is 1.77. The zero-order chi connectivity index (χ0) is 18.6. The molecule has 3 heterocycles. The van der Waals surface area contributed by atoms with Crippen LogP contribution in [0.1, 0.15) is 5.56 Å². The highest BCUT2D eigenvalue weighted by molar-refractivity contribution is 6.00. The zero-order valence-corrected chi connectivity index (χ0v) is 14.6. The van der Waals surface area contributed by atoms with Crippen molar-refractivity contribution in [3.63, 3.8) is 0 Å². The summed E-state index contributed by atoms with van der Waals surface area (Å²) in [5, 5.41) is 22.9. The van der Waals surface area contributed by atoms with Crippen molar-refractivity contribution < 1.29 is 0 Å². The first-order valence-corrected chi connectivity index (χ1v) is 8.32. The van der Waals surface area contributed by atoms with Crippen LogP contribution in [-0.4, -0.2) is 42.8 Å². The minimum atomic E-state index is 0.194. The molecule has 0 bridgehead atoms. The summed E-state index contributed by atoms with van der Waals surface area (Å²) in [6.07, 6.45) is 6.55. The number of amidine groups is 1. The highest BCUT2D eigenvalue weighted by atomic mass is 15.5. The van der Waals surface area contributed by atoms with Crippen LogP contribution in [0, 0.1) is 5.41 Å². The van der Waals surface area contributed by atoms with Gasteiger partial charge in [-0.2, -0.15) is 0 Å². The molecule has 0 aliphatic heterocycles. The van der Waals surface area contributed by atoms with Crippen molar-refractivity contribution in [2.45, 2.75) is 6.54 Å². The molecule has 1 aromatic carbocycles. The molecule has 9 heteroatoms. The van der Waals surface area contributed by atoms with Crippen molar-refractivity contribution in [2.24, 2.45) is 0 Å². The normalized spacial score (nSPS) is 11.3. The number of fused-ring (bicyclic) bond motifs is 2. The number of anilines is 1. The zero-order valence-electron chi connectivity index (χ0n) is 14.6. The van der Waals surface area contributed by atoms with Gasteiger partial charge in [0.05, 0.1) is 18.3 Å². The molecule has 0 aliphatic carbocycles. The Morgan fingerprint density at radius 1 is 1.26 bits per heavy atom. The molecule has 4 rings (SSSR count). The van der Waals surface area contributed by atoms with Gasteiger partial charge >= 0.3 is 0 Å². The van der Waals surface area contributed by atoms with Gasteiger partial charge in [-0.05, 0) is 36.0 Å². The van der Waals surface area contributed by atoms with E-state index in [9.17, 15) is 0 Å². The largest absolute Gasteiger partial charge is 0.394 e. The van der Waals surface area contributed by atoms with Gasteiger partial charge in [-0.25, -0.2) is 14.6 Å². The monoisotopic (exact) mass is 359 g/mol. The third kappa shape index (κ3) is 3.56. The maximum Gasteiger partial charge on any atom is 0.221 e. The van der Waals surface area contributed by atoms with Crippen LogP contribution in [0.2, 0.25) is 0 Å². The molecule has 3 aromatic heterocycles. The van der Waals surface area contributed by atoms with E-state index in [-0.39, 0.29) is 5.84 Å². The number of nitrogens with zero attached hydrogens (tertiary/aromatic N) is 6. The van der Waals surface area contributed by atoms with Gasteiger partial charge in [-0.1, -0.05) is 17.3 Å². The lowest BCUT2D eigenvalue weighted by molar-refractivity contribution is 0.664. The molecule has 0 spiro atoms. The second kappa shape index (κ2) is 7.16. The summed E-state index contributed by atoms with van der Waals surface area (Å²) in [6, 6.07) is 10.0. The number of nitrogens with one attached hydrogen (secondary N) is 3. The lowest BCUT2D eigenvalue weighted by Gasteiger charge is -2.06. The first kappa shape index (κ1) is 16.6. The molecule has 0 fully saturated rings. The number of rotatable bonds is 5. The molecule has 9 nitrogen and oxygen atoms in total. The Morgan fingerprint density at radius 3 is 3.07 bits per heavy atom. The standard InChI is InChI=1S/C18H17N9/c1-20-8-6-15(19)23-16-10-22-17-18(24-16)27(26-25-17)11-12-4-5-14-13(9-12)3-2-7-21-14/h2-10,20H,11H2,1H3,(H2,19,23,24)/b8-6-. The molecule has 27 heavy (non-hydrogen) atoms. The van der Waals surface area contributed by atoms with Crippen molar-refractivity contribution in [3.8, 4) is 0 Å². The number of benzene rings is 1. The molecule has 0 saturated heterocycles. The Morgan fingerprint density at radius 2 is 2.19 bits per heavy atom. The van der Waals surface area contributed by atoms with Crippen LogP contribution < -0.4 is 10.6 Å².